The molecule has 5 nitrogen and oxygen atoms in total. The van der Waals surface area contributed by atoms with Crippen LogP contribution in [0.4, 0.5) is 13.2 Å². The lowest BCUT2D eigenvalue weighted by Gasteiger charge is -2.35. The van der Waals surface area contributed by atoms with Gasteiger partial charge >= 0.3 is 6.18 Å². The van der Waals surface area contributed by atoms with Gasteiger partial charge in [-0.3, -0.25) is 4.98 Å². The van der Waals surface area contributed by atoms with Gasteiger partial charge in [-0.25, -0.2) is 8.42 Å². The van der Waals surface area contributed by atoms with E-state index >= 15 is 0 Å². The predicted octanol–water partition coefficient (Wildman–Crippen LogP) is 3.17. The zero-order chi connectivity index (χ0) is 18.9. The second-order valence-electron chi connectivity index (χ2n) is 6.10. The summed E-state index contributed by atoms with van der Waals surface area (Å²) >= 11 is 0. The van der Waals surface area contributed by atoms with Gasteiger partial charge < -0.3 is 5.32 Å². The SMILES string of the molecule is Cc1cc(C(F)(F)F)ccc1S(=O)(=O)N1CCNCC1c1cccnc1.Cl. The topological polar surface area (TPSA) is 62.3 Å². The minimum absolute atomic E-state index is 0. The summed E-state index contributed by atoms with van der Waals surface area (Å²) in [4.78, 5) is 3.92. The third-order valence-corrected chi connectivity index (χ3v) is 6.42. The summed E-state index contributed by atoms with van der Waals surface area (Å²) in [5.41, 5.74) is -0.0609. The van der Waals surface area contributed by atoms with Gasteiger partial charge in [-0.05, 0) is 42.3 Å². The molecule has 148 valence electrons. The minimum atomic E-state index is -4.51. The Labute approximate surface area is 162 Å². The number of sulfonamides is 1. The van der Waals surface area contributed by atoms with Crippen LogP contribution in [0.15, 0.2) is 47.6 Å². The number of piperazine rings is 1. The fourth-order valence-electron chi connectivity index (χ4n) is 3.07. The molecule has 10 heteroatoms. The maximum Gasteiger partial charge on any atom is 0.416 e. The molecule has 1 unspecified atom stereocenters. The summed E-state index contributed by atoms with van der Waals surface area (Å²) < 4.78 is 66.2. The minimum Gasteiger partial charge on any atom is -0.313 e. The van der Waals surface area contributed by atoms with E-state index in [1.807, 2.05) is 0 Å². The van der Waals surface area contributed by atoms with Crippen LogP contribution >= 0.6 is 12.4 Å². The Bertz CT molecular complexity index is 892. The number of halogens is 4. The van der Waals surface area contributed by atoms with Crippen molar-refractivity contribution in [2.24, 2.45) is 0 Å². The molecular weight excluding hydrogens is 403 g/mol. The number of aromatic nitrogens is 1. The first-order valence-corrected chi connectivity index (χ1v) is 9.45. The van der Waals surface area contributed by atoms with E-state index in [0.29, 0.717) is 13.1 Å². The molecule has 1 fully saturated rings. The van der Waals surface area contributed by atoms with Crippen LogP contribution in [0.1, 0.15) is 22.7 Å². The van der Waals surface area contributed by atoms with E-state index < -0.39 is 27.8 Å². The number of hydrogen-bond acceptors (Lipinski definition) is 4. The normalized spacial score (nSPS) is 18.7. The van der Waals surface area contributed by atoms with Gasteiger partial charge in [0.15, 0.2) is 0 Å². The Balaban J connectivity index is 0.00000261. The van der Waals surface area contributed by atoms with Crippen LogP contribution in [0, 0.1) is 6.92 Å². The van der Waals surface area contributed by atoms with Gasteiger partial charge in [-0.2, -0.15) is 17.5 Å². The molecule has 27 heavy (non-hydrogen) atoms. The lowest BCUT2D eigenvalue weighted by molar-refractivity contribution is -0.137. The van der Waals surface area contributed by atoms with Crippen molar-refractivity contribution >= 4 is 22.4 Å². The van der Waals surface area contributed by atoms with Crippen LogP contribution in [-0.2, 0) is 16.2 Å². The number of hydrogen-bond donors (Lipinski definition) is 1. The molecule has 0 saturated carbocycles. The monoisotopic (exact) mass is 421 g/mol. The molecule has 1 aliphatic rings. The van der Waals surface area contributed by atoms with Gasteiger partial charge in [0.1, 0.15) is 0 Å². The lowest BCUT2D eigenvalue weighted by Crippen LogP contribution is -2.48. The van der Waals surface area contributed by atoms with E-state index in [4.69, 9.17) is 0 Å². The number of nitrogens with zero attached hydrogens (tertiary/aromatic N) is 2. The van der Waals surface area contributed by atoms with E-state index in [1.165, 1.54) is 11.2 Å². The van der Waals surface area contributed by atoms with Gasteiger partial charge in [-0.15, -0.1) is 12.4 Å². The highest BCUT2D eigenvalue weighted by Gasteiger charge is 2.37. The highest BCUT2D eigenvalue weighted by atomic mass is 35.5. The second-order valence-corrected chi connectivity index (χ2v) is 7.96. The first-order valence-electron chi connectivity index (χ1n) is 8.01. The van der Waals surface area contributed by atoms with Crippen LogP contribution in [0.3, 0.4) is 0 Å². The van der Waals surface area contributed by atoms with Gasteiger partial charge in [-0.1, -0.05) is 6.07 Å². The molecule has 0 radical (unpaired) electrons. The molecule has 1 aromatic heterocycles. The zero-order valence-corrected chi connectivity index (χ0v) is 16.0. The largest absolute Gasteiger partial charge is 0.416 e. The summed E-state index contributed by atoms with van der Waals surface area (Å²) in [7, 11) is -3.95. The third-order valence-electron chi connectivity index (χ3n) is 4.35. The Kier molecular flexibility index (Phi) is 6.51. The maximum absolute atomic E-state index is 13.1. The summed E-state index contributed by atoms with van der Waals surface area (Å²) in [6, 6.07) is 5.75. The molecule has 1 aromatic carbocycles. The molecule has 2 heterocycles. The summed E-state index contributed by atoms with van der Waals surface area (Å²) in [6.07, 6.45) is -1.32. The van der Waals surface area contributed by atoms with Crippen molar-refractivity contribution < 1.29 is 21.6 Å². The van der Waals surface area contributed by atoms with Crippen molar-refractivity contribution in [1.82, 2.24) is 14.6 Å². The quantitative estimate of drug-likeness (QED) is 0.827. The van der Waals surface area contributed by atoms with Gasteiger partial charge in [0.2, 0.25) is 10.0 Å². The van der Waals surface area contributed by atoms with Crippen molar-refractivity contribution in [2.45, 2.75) is 24.0 Å². The molecule has 1 aliphatic heterocycles. The Morgan fingerprint density at radius 3 is 2.59 bits per heavy atom. The number of aryl methyl sites for hydroxylation is 1. The highest BCUT2D eigenvalue weighted by molar-refractivity contribution is 7.89. The molecule has 0 bridgehead atoms. The fourth-order valence-corrected chi connectivity index (χ4v) is 4.89. The Hall–Kier alpha value is -1.68. The number of pyridine rings is 1. The lowest BCUT2D eigenvalue weighted by atomic mass is 10.1. The van der Waals surface area contributed by atoms with Crippen LogP contribution < -0.4 is 5.32 Å². The molecular formula is C17H19ClF3N3O2S. The van der Waals surface area contributed by atoms with Gasteiger partial charge in [0.25, 0.3) is 0 Å². The zero-order valence-electron chi connectivity index (χ0n) is 14.4. The summed E-state index contributed by atoms with van der Waals surface area (Å²) in [5, 5.41) is 3.15. The first-order chi connectivity index (χ1) is 12.2. The number of benzene rings is 1. The smallest absolute Gasteiger partial charge is 0.313 e. The number of nitrogens with one attached hydrogen (secondary N) is 1. The average Bonchev–Trinajstić information content (AvgIpc) is 2.61. The molecule has 0 spiro atoms. The average molecular weight is 422 g/mol. The van der Waals surface area contributed by atoms with Crippen molar-refractivity contribution in [3.8, 4) is 0 Å². The van der Waals surface area contributed by atoms with E-state index in [-0.39, 0.29) is 29.4 Å². The summed E-state index contributed by atoms with van der Waals surface area (Å²) in [6.45, 7) is 2.48. The molecule has 3 rings (SSSR count). The van der Waals surface area contributed by atoms with Crippen molar-refractivity contribution in [2.75, 3.05) is 19.6 Å². The van der Waals surface area contributed by atoms with Crippen LogP contribution in [0.2, 0.25) is 0 Å². The fraction of sp³-hybridized carbons (Fsp3) is 0.353. The van der Waals surface area contributed by atoms with Crippen LogP contribution in [0.5, 0.6) is 0 Å². The molecule has 1 N–H and O–H groups in total. The number of rotatable bonds is 3. The molecule has 2 aromatic rings. The Morgan fingerprint density at radius 2 is 2.00 bits per heavy atom. The standard InChI is InChI=1S/C17H18F3N3O2S.ClH/c1-12-9-14(17(18,19)20)4-5-16(12)26(24,25)23-8-7-22-11-15(23)13-3-2-6-21-10-13;/h2-6,9-10,15,22H,7-8,11H2,1H3;1H. The Morgan fingerprint density at radius 1 is 1.26 bits per heavy atom. The van der Waals surface area contributed by atoms with E-state index in [1.54, 1.807) is 24.5 Å². The third kappa shape index (κ3) is 4.43. The van der Waals surface area contributed by atoms with Crippen molar-refractivity contribution in [1.29, 1.82) is 0 Å². The molecule has 0 amide bonds. The summed E-state index contributed by atoms with van der Waals surface area (Å²) in [5.74, 6) is 0. The van der Waals surface area contributed by atoms with Gasteiger partial charge in [0, 0.05) is 32.0 Å². The number of alkyl halides is 3. The predicted molar refractivity (Wildman–Crippen MR) is 97.2 cm³/mol. The van der Waals surface area contributed by atoms with Crippen LogP contribution in [-0.4, -0.2) is 37.3 Å². The van der Waals surface area contributed by atoms with Gasteiger partial charge in [0.05, 0.1) is 16.5 Å². The molecule has 0 aliphatic carbocycles. The van der Waals surface area contributed by atoms with Crippen molar-refractivity contribution in [3.63, 3.8) is 0 Å². The highest BCUT2D eigenvalue weighted by Crippen LogP contribution is 2.34. The second kappa shape index (κ2) is 8.14. The van der Waals surface area contributed by atoms with E-state index in [9.17, 15) is 21.6 Å². The van der Waals surface area contributed by atoms with E-state index in [0.717, 1.165) is 23.8 Å². The maximum atomic E-state index is 13.1. The van der Waals surface area contributed by atoms with Crippen LogP contribution in [0.25, 0.3) is 0 Å². The van der Waals surface area contributed by atoms with Crippen molar-refractivity contribution in [3.05, 3.63) is 59.4 Å². The first kappa shape index (κ1) is 21.6. The molecule has 1 atom stereocenters. The van der Waals surface area contributed by atoms with E-state index in [2.05, 4.69) is 10.3 Å². The molecule has 1 saturated heterocycles.